The largest absolute Gasteiger partial charge is 0.487 e. The Labute approximate surface area is 116 Å². The van der Waals surface area contributed by atoms with Crippen molar-refractivity contribution in [1.29, 1.82) is 0 Å². The van der Waals surface area contributed by atoms with Crippen molar-refractivity contribution in [3.8, 4) is 5.75 Å². The summed E-state index contributed by atoms with van der Waals surface area (Å²) in [6, 6.07) is 6.11. The number of hydrogen-bond acceptors (Lipinski definition) is 2. The van der Waals surface area contributed by atoms with Gasteiger partial charge in [-0.1, -0.05) is 38.8 Å². The van der Waals surface area contributed by atoms with Crippen molar-refractivity contribution in [3.05, 3.63) is 29.3 Å². The average molecular weight is 262 g/mol. The van der Waals surface area contributed by atoms with E-state index in [1.807, 2.05) is 19.1 Å². The Balaban J connectivity index is 2.29. The zero-order chi connectivity index (χ0) is 14.0. The molecule has 0 saturated heterocycles. The minimum atomic E-state index is -0.396. The van der Waals surface area contributed by atoms with E-state index in [-0.39, 0.29) is 5.60 Å². The zero-order valence-corrected chi connectivity index (χ0v) is 12.6. The summed E-state index contributed by atoms with van der Waals surface area (Å²) in [6.07, 6.45) is 3.44. The van der Waals surface area contributed by atoms with Gasteiger partial charge in [-0.2, -0.15) is 0 Å². The molecule has 0 bridgehead atoms. The molecule has 1 aromatic carbocycles. The molecule has 0 aliphatic carbocycles. The topological polar surface area (TPSA) is 29.5 Å². The third kappa shape index (κ3) is 2.94. The number of fused-ring (bicyclic) bond motifs is 1. The van der Waals surface area contributed by atoms with Crippen LogP contribution >= 0.6 is 0 Å². The number of aryl methyl sites for hydroxylation is 1. The third-order valence-corrected chi connectivity index (χ3v) is 4.48. The number of aliphatic hydroxyl groups excluding tert-OH is 1. The van der Waals surface area contributed by atoms with Crippen LogP contribution in [0.25, 0.3) is 0 Å². The van der Waals surface area contributed by atoms with E-state index in [2.05, 4.69) is 26.8 Å². The number of rotatable bonds is 4. The maximum atomic E-state index is 10.5. The fourth-order valence-electron chi connectivity index (χ4n) is 3.02. The summed E-state index contributed by atoms with van der Waals surface area (Å²) in [7, 11) is 0. The van der Waals surface area contributed by atoms with Crippen LogP contribution in [0.3, 0.4) is 0 Å². The van der Waals surface area contributed by atoms with Gasteiger partial charge in [-0.25, -0.2) is 0 Å². The highest BCUT2D eigenvalue weighted by molar-refractivity contribution is 5.40. The lowest BCUT2D eigenvalue weighted by Crippen LogP contribution is -2.42. The predicted molar refractivity (Wildman–Crippen MR) is 78.5 cm³/mol. The van der Waals surface area contributed by atoms with E-state index >= 15 is 0 Å². The van der Waals surface area contributed by atoms with Gasteiger partial charge in [0.25, 0.3) is 0 Å². The first-order chi connectivity index (χ1) is 8.99. The standard InChI is InChI=1S/C17H26O2/c1-5-12(3)10-17(6-2)11-15(18)14-9-13(4)7-8-16(14)19-17/h7-9,12,15,18H,5-6,10-11H2,1-4H3/t12?,15-,17?/m0/s1. The molecule has 0 amide bonds. The number of aliphatic hydroxyl groups is 1. The van der Waals surface area contributed by atoms with Crippen LogP contribution in [0.5, 0.6) is 5.75 Å². The van der Waals surface area contributed by atoms with E-state index in [1.165, 1.54) is 5.56 Å². The molecule has 1 N–H and O–H groups in total. The molecular weight excluding hydrogens is 236 g/mol. The van der Waals surface area contributed by atoms with Crippen LogP contribution in [-0.4, -0.2) is 10.7 Å². The Bertz CT molecular complexity index is 441. The van der Waals surface area contributed by atoms with E-state index < -0.39 is 6.10 Å². The van der Waals surface area contributed by atoms with Crippen molar-refractivity contribution in [2.45, 2.75) is 65.1 Å². The van der Waals surface area contributed by atoms with Crippen molar-refractivity contribution in [2.24, 2.45) is 5.92 Å². The van der Waals surface area contributed by atoms with E-state index in [4.69, 9.17) is 4.74 Å². The molecular formula is C17H26O2. The Morgan fingerprint density at radius 2 is 2.16 bits per heavy atom. The van der Waals surface area contributed by atoms with Gasteiger partial charge in [0, 0.05) is 12.0 Å². The Morgan fingerprint density at radius 1 is 1.42 bits per heavy atom. The minimum absolute atomic E-state index is 0.197. The maximum absolute atomic E-state index is 10.5. The molecule has 0 saturated carbocycles. The molecule has 1 heterocycles. The molecule has 2 heteroatoms. The van der Waals surface area contributed by atoms with E-state index in [9.17, 15) is 5.11 Å². The lowest BCUT2D eigenvalue weighted by Gasteiger charge is -2.42. The van der Waals surface area contributed by atoms with Gasteiger partial charge in [0.15, 0.2) is 0 Å². The van der Waals surface area contributed by atoms with Gasteiger partial charge in [-0.3, -0.25) is 0 Å². The molecule has 2 nitrogen and oxygen atoms in total. The van der Waals surface area contributed by atoms with Crippen molar-refractivity contribution < 1.29 is 9.84 Å². The fraction of sp³-hybridized carbons (Fsp3) is 0.647. The highest BCUT2D eigenvalue weighted by atomic mass is 16.5. The third-order valence-electron chi connectivity index (χ3n) is 4.48. The van der Waals surface area contributed by atoms with Gasteiger partial charge in [-0.05, 0) is 37.8 Å². The molecule has 1 aliphatic rings. The minimum Gasteiger partial charge on any atom is -0.487 e. The first kappa shape index (κ1) is 14.4. The summed E-state index contributed by atoms with van der Waals surface area (Å²) in [6.45, 7) is 8.69. The van der Waals surface area contributed by atoms with E-state index in [1.54, 1.807) is 0 Å². The van der Waals surface area contributed by atoms with Gasteiger partial charge in [0.05, 0.1) is 6.10 Å². The van der Waals surface area contributed by atoms with Crippen LogP contribution in [0.2, 0.25) is 0 Å². The first-order valence-corrected chi connectivity index (χ1v) is 7.47. The van der Waals surface area contributed by atoms with Crippen LogP contribution < -0.4 is 4.74 Å². The van der Waals surface area contributed by atoms with E-state index in [0.717, 1.165) is 30.6 Å². The van der Waals surface area contributed by atoms with Gasteiger partial charge in [0.1, 0.15) is 11.4 Å². The van der Waals surface area contributed by atoms with Crippen molar-refractivity contribution >= 4 is 0 Å². The van der Waals surface area contributed by atoms with Crippen LogP contribution in [0, 0.1) is 12.8 Å². The zero-order valence-electron chi connectivity index (χ0n) is 12.6. The van der Waals surface area contributed by atoms with Crippen molar-refractivity contribution in [3.63, 3.8) is 0 Å². The number of hydrogen-bond donors (Lipinski definition) is 1. The lowest BCUT2D eigenvalue weighted by molar-refractivity contribution is -0.0319. The normalized spacial score (nSPS) is 27.5. The number of ether oxygens (including phenoxy) is 1. The van der Waals surface area contributed by atoms with E-state index in [0.29, 0.717) is 12.3 Å². The summed E-state index contributed by atoms with van der Waals surface area (Å²) in [5.41, 5.74) is 1.93. The summed E-state index contributed by atoms with van der Waals surface area (Å²) in [4.78, 5) is 0. The maximum Gasteiger partial charge on any atom is 0.125 e. The van der Waals surface area contributed by atoms with Gasteiger partial charge in [-0.15, -0.1) is 0 Å². The van der Waals surface area contributed by atoms with Crippen LogP contribution in [-0.2, 0) is 0 Å². The Hall–Kier alpha value is -1.02. The average Bonchev–Trinajstić information content (AvgIpc) is 2.39. The van der Waals surface area contributed by atoms with Crippen LogP contribution in [0.1, 0.15) is 63.7 Å². The van der Waals surface area contributed by atoms with Gasteiger partial charge in [0.2, 0.25) is 0 Å². The second-order valence-corrected chi connectivity index (χ2v) is 6.12. The van der Waals surface area contributed by atoms with Gasteiger partial charge >= 0.3 is 0 Å². The molecule has 0 fully saturated rings. The smallest absolute Gasteiger partial charge is 0.125 e. The summed E-state index contributed by atoms with van der Waals surface area (Å²) >= 11 is 0. The SMILES string of the molecule is CCC(C)CC1(CC)C[C@H](O)c2cc(C)ccc2O1. The van der Waals surface area contributed by atoms with Crippen LogP contribution in [0.15, 0.2) is 18.2 Å². The molecule has 19 heavy (non-hydrogen) atoms. The summed E-state index contributed by atoms with van der Waals surface area (Å²) < 4.78 is 6.31. The molecule has 106 valence electrons. The number of benzene rings is 1. The molecule has 1 aromatic rings. The molecule has 2 unspecified atom stereocenters. The van der Waals surface area contributed by atoms with Crippen LogP contribution in [0.4, 0.5) is 0 Å². The molecule has 2 rings (SSSR count). The first-order valence-electron chi connectivity index (χ1n) is 7.47. The summed E-state index contributed by atoms with van der Waals surface area (Å²) in [5.74, 6) is 1.49. The Morgan fingerprint density at radius 3 is 2.79 bits per heavy atom. The highest BCUT2D eigenvalue weighted by Gasteiger charge is 2.39. The quantitative estimate of drug-likeness (QED) is 0.871. The fourth-order valence-corrected chi connectivity index (χ4v) is 3.02. The molecule has 0 aromatic heterocycles. The molecule has 0 spiro atoms. The second-order valence-electron chi connectivity index (χ2n) is 6.12. The lowest BCUT2D eigenvalue weighted by atomic mass is 9.80. The molecule has 0 radical (unpaired) electrons. The molecule has 1 aliphatic heterocycles. The highest BCUT2D eigenvalue weighted by Crippen LogP contribution is 2.44. The van der Waals surface area contributed by atoms with Crippen molar-refractivity contribution in [1.82, 2.24) is 0 Å². The monoisotopic (exact) mass is 262 g/mol. The Kier molecular flexibility index (Phi) is 4.19. The summed E-state index contributed by atoms with van der Waals surface area (Å²) in [5, 5.41) is 10.5. The second kappa shape index (κ2) is 5.54. The van der Waals surface area contributed by atoms with Gasteiger partial charge < -0.3 is 9.84 Å². The van der Waals surface area contributed by atoms with Crippen molar-refractivity contribution in [2.75, 3.05) is 0 Å². The predicted octanol–water partition coefficient (Wildman–Crippen LogP) is 4.40. The molecule has 3 atom stereocenters.